The van der Waals surface area contributed by atoms with Crippen molar-refractivity contribution in [1.29, 1.82) is 0 Å². The summed E-state index contributed by atoms with van der Waals surface area (Å²) in [5, 5.41) is 0. The lowest BCUT2D eigenvalue weighted by molar-refractivity contribution is -0.132. The van der Waals surface area contributed by atoms with Crippen LogP contribution in [-0.2, 0) is 17.6 Å². The molecule has 21 heavy (non-hydrogen) atoms. The number of hydrogen-bond donors (Lipinski definition) is 1. The van der Waals surface area contributed by atoms with E-state index < -0.39 is 0 Å². The molecule has 1 aliphatic carbocycles. The highest BCUT2D eigenvalue weighted by Gasteiger charge is 2.24. The summed E-state index contributed by atoms with van der Waals surface area (Å²) in [6, 6.07) is 6.47. The van der Waals surface area contributed by atoms with Crippen molar-refractivity contribution in [1.82, 2.24) is 4.90 Å². The van der Waals surface area contributed by atoms with Gasteiger partial charge < -0.3 is 15.4 Å². The van der Waals surface area contributed by atoms with Crippen LogP contribution in [0.3, 0.4) is 0 Å². The van der Waals surface area contributed by atoms with Gasteiger partial charge in [0.05, 0.1) is 13.1 Å². The number of nitrogens with two attached hydrogens (primary N) is 1. The van der Waals surface area contributed by atoms with Crippen LogP contribution >= 0.6 is 0 Å². The van der Waals surface area contributed by atoms with Gasteiger partial charge >= 0.3 is 0 Å². The number of fused-ring (bicyclic) bond motifs is 1. The van der Waals surface area contributed by atoms with Crippen LogP contribution in [0, 0.1) is 0 Å². The molecule has 1 atom stereocenters. The van der Waals surface area contributed by atoms with E-state index in [1.54, 1.807) is 0 Å². The number of nitrogens with zero attached hydrogens (tertiary/aromatic N) is 1. The van der Waals surface area contributed by atoms with Crippen molar-refractivity contribution in [2.45, 2.75) is 44.6 Å². The second-order valence-electron chi connectivity index (χ2n) is 6.06. The molecule has 2 N–H and O–H groups in total. The summed E-state index contributed by atoms with van der Waals surface area (Å²) in [5.74, 6) is 0.969. The minimum absolute atomic E-state index is 0.0220. The summed E-state index contributed by atoms with van der Waals surface area (Å²) < 4.78 is 6.11. The molecule has 4 nitrogen and oxygen atoms in total. The van der Waals surface area contributed by atoms with E-state index in [4.69, 9.17) is 10.5 Å². The number of ether oxygens (including phenoxy) is 1. The van der Waals surface area contributed by atoms with E-state index in [9.17, 15) is 4.79 Å². The number of carbonyl (C=O) groups is 1. The second-order valence-corrected chi connectivity index (χ2v) is 6.06. The predicted molar refractivity (Wildman–Crippen MR) is 82.4 cm³/mol. The van der Waals surface area contributed by atoms with E-state index in [1.165, 1.54) is 30.4 Å². The number of likely N-dealkylation sites (tertiary alicyclic amines) is 1. The van der Waals surface area contributed by atoms with Gasteiger partial charge in [0.2, 0.25) is 5.91 Å². The van der Waals surface area contributed by atoms with Gasteiger partial charge in [-0.15, -0.1) is 0 Å². The molecule has 0 radical (unpaired) electrons. The first-order chi connectivity index (χ1) is 10.3. The molecule has 1 aromatic carbocycles. The number of benzene rings is 1. The zero-order chi connectivity index (χ0) is 14.7. The van der Waals surface area contributed by atoms with Gasteiger partial charge in [0.25, 0.3) is 0 Å². The Morgan fingerprint density at radius 2 is 2.05 bits per heavy atom. The molecule has 0 saturated carbocycles. The van der Waals surface area contributed by atoms with E-state index in [1.807, 2.05) is 4.90 Å². The first kappa shape index (κ1) is 14.4. The summed E-state index contributed by atoms with van der Waals surface area (Å²) in [4.78, 5) is 13.5. The molecule has 4 heteroatoms. The summed E-state index contributed by atoms with van der Waals surface area (Å²) in [6.07, 6.45) is 7.01. The van der Waals surface area contributed by atoms with Crippen LogP contribution in [0.25, 0.3) is 0 Å². The predicted octanol–water partition coefficient (Wildman–Crippen LogP) is 1.89. The SMILES string of the molecule is NCC(=O)N1CCCC(Oc2ccc3c(c2)CCCC3)C1. The lowest BCUT2D eigenvalue weighted by Crippen LogP contribution is -2.46. The maximum absolute atomic E-state index is 11.7. The molecule has 2 aliphatic rings. The average Bonchev–Trinajstić information content (AvgIpc) is 2.54. The number of hydrogen-bond acceptors (Lipinski definition) is 3. The Bertz CT molecular complexity index is 516. The van der Waals surface area contributed by atoms with Crippen LogP contribution in [0.15, 0.2) is 18.2 Å². The minimum Gasteiger partial charge on any atom is -0.489 e. The number of amides is 1. The molecule has 114 valence electrons. The van der Waals surface area contributed by atoms with E-state index >= 15 is 0 Å². The first-order valence-corrected chi connectivity index (χ1v) is 8.02. The standard InChI is InChI=1S/C17H24N2O2/c18-11-17(20)19-9-3-6-16(12-19)21-15-8-7-13-4-1-2-5-14(13)10-15/h7-8,10,16H,1-6,9,11-12,18H2. The summed E-state index contributed by atoms with van der Waals surface area (Å²) in [6.45, 7) is 1.55. The van der Waals surface area contributed by atoms with Gasteiger partial charge in [0, 0.05) is 6.54 Å². The first-order valence-electron chi connectivity index (χ1n) is 8.02. The second kappa shape index (κ2) is 6.48. The maximum Gasteiger partial charge on any atom is 0.236 e. The Kier molecular flexibility index (Phi) is 4.44. The molecular weight excluding hydrogens is 264 g/mol. The van der Waals surface area contributed by atoms with Crippen molar-refractivity contribution in [3.8, 4) is 5.75 Å². The molecule has 0 spiro atoms. The molecule has 1 unspecified atom stereocenters. The van der Waals surface area contributed by atoms with Gasteiger partial charge in [-0.05, 0) is 61.8 Å². The fourth-order valence-electron chi connectivity index (χ4n) is 3.37. The van der Waals surface area contributed by atoms with Gasteiger partial charge in [-0.2, -0.15) is 0 Å². The average molecular weight is 288 g/mol. The van der Waals surface area contributed by atoms with Crippen LogP contribution in [0.4, 0.5) is 0 Å². The number of aryl methyl sites for hydroxylation is 2. The van der Waals surface area contributed by atoms with Crippen LogP contribution in [0.1, 0.15) is 36.8 Å². The van der Waals surface area contributed by atoms with Crippen molar-refractivity contribution < 1.29 is 9.53 Å². The largest absolute Gasteiger partial charge is 0.489 e. The Balaban J connectivity index is 1.64. The van der Waals surface area contributed by atoms with Crippen LogP contribution in [0.5, 0.6) is 5.75 Å². The number of rotatable bonds is 3. The zero-order valence-corrected chi connectivity index (χ0v) is 12.5. The fourth-order valence-corrected chi connectivity index (χ4v) is 3.37. The Labute approximate surface area is 126 Å². The van der Waals surface area contributed by atoms with Crippen molar-refractivity contribution >= 4 is 5.91 Å². The molecular formula is C17H24N2O2. The normalized spacial score (nSPS) is 21.8. The maximum atomic E-state index is 11.7. The Morgan fingerprint density at radius 3 is 2.86 bits per heavy atom. The lowest BCUT2D eigenvalue weighted by atomic mass is 9.92. The molecule has 0 aromatic heterocycles. The van der Waals surface area contributed by atoms with Crippen molar-refractivity contribution in [3.63, 3.8) is 0 Å². The van der Waals surface area contributed by atoms with Crippen LogP contribution in [0.2, 0.25) is 0 Å². The monoisotopic (exact) mass is 288 g/mol. The zero-order valence-electron chi connectivity index (χ0n) is 12.5. The summed E-state index contributed by atoms with van der Waals surface area (Å²) in [5.41, 5.74) is 8.35. The molecule has 3 rings (SSSR count). The van der Waals surface area contributed by atoms with Crippen molar-refractivity contribution in [2.75, 3.05) is 19.6 Å². The molecule has 1 aromatic rings. The van der Waals surface area contributed by atoms with E-state index in [0.29, 0.717) is 6.54 Å². The van der Waals surface area contributed by atoms with Gasteiger partial charge in [0.1, 0.15) is 11.9 Å². The van der Waals surface area contributed by atoms with Gasteiger partial charge in [-0.25, -0.2) is 0 Å². The van der Waals surface area contributed by atoms with Gasteiger partial charge in [0.15, 0.2) is 0 Å². The van der Waals surface area contributed by atoms with Crippen molar-refractivity contribution in [2.24, 2.45) is 5.73 Å². The van der Waals surface area contributed by atoms with E-state index in [-0.39, 0.29) is 18.6 Å². The van der Waals surface area contributed by atoms with Gasteiger partial charge in [-0.1, -0.05) is 6.07 Å². The highest BCUT2D eigenvalue weighted by Crippen LogP contribution is 2.27. The molecule has 1 aliphatic heterocycles. The lowest BCUT2D eigenvalue weighted by Gasteiger charge is -2.33. The molecule has 1 amide bonds. The van der Waals surface area contributed by atoms with Gasteiger partial charge in [-0.3, -0.25) is 4.79 Å². The fraction of sp³-hybridized carbons (Fsp3) is 0.588. The molecule has 1 heterocycles. The van der Waals surface area contributed by atoms with E-state index in [2.05, 4.69) is 18.2 Å². The Morgan fingerprint density at radius 1 is 1.24 bits per heavy atom. The number of carbonyl (C=O) groups excluding carboxylic acids is 1. The highest BCUT2D eigenvalue weighted by molar-refractivity contribution is 5.78. The molecule has 0 bridgehead atoms. The third-order valence-corrected chi connectivity index (χ3v) is 4.53. The number of piperidine rings is 1. The Hall–Kier alpha value is -1.55. The highest BCUT2D eigenvalue weighted by atomic mass is 16.5. The quantitative estimate of drug-likeness (QED) is 0.924. The summed E-state index contributed by atoms with van der Waals surface area (Å²) in [7, 11) is 0. The third kappa shape index (κ3) is 3.38. The topological polar surface area (TPSA) is 55.6 Å². The minimum atomic E-state index is 0.0220. The summed E-state index contributed by atoms with van der Waals surface area (Å²) >= 11 is 0. The smallest absolute Gasteiger partial charge is 0.236 e. The van der Waals surface area contributed by atoms with Crippen LogP contribution in [-0.4, -0.2) is 36.5 Å². The van der Waals surface area contributed by atoms with Crippen molar-refractivity contribution in [3.05, 3.63) is 29.3 Å². The van der Waals surface area contributed by atoms with E-state index in [0.717, 1.165) is 31.6 Å². The third-order valence-electron chi connectivity index (χ3n) is 4.53. The van der Waals surface area contributed by atoms with Crippen LogP contribution < -0.4 is 10.5 Å². The molecule has 1 saturated heterocycles. The molecule has 1 fully saturated rings.